The van der Waals surface area contributed by atoms with Crippen LogP contribution in [0.2, 0.25) is 0 Å². The Hall–Kier alpha value is -2.22. The van der Waals surface area contributed by atoms with E-state index in [-0.39, 0.29) is 0 Å². The molecule has 2 rings (SSSR count). The van der Waals surface area contributed by atoms with Crippen LogP contribution in [0.15, 0.2) is 18.5 Å². The van der Waals surface area contributed by atoms with E-state index in [0.717, 1.165) is 19.6 Å². The molecule has 0 bridgehead atoms. The molecule has 0 radical (unpaired) electrons. The molecule has 0 saturated heterocycles. The normalized spacial score (nSPS) is 10.9. The summed E-state index contributed by atoms with van der Waals surface area (Å²) in [6, 6.07) is 1.84. The van der Waals surface area contributed by atoms with Crippen LogP contribution in [0.4, 0.5) is 11.9 Å². The molecule has 0 amide bonds. The first-order chi connectivity index (χ1) is 10.1. The smallest absolute Gasteiger partial charge is 0.257 e. The Morgan fingerprint density at radius 3 is 2.57 bits per heavy atom. The molecule has 8 heteroatoms. The van der Waals surface area contributed by atoms with E-state index in [9.17, 15) is 0 Å². The highest BCUT2D eigenvalue weighted by atomic mass is 15.4. The van der Waals surface area contributed by atoms with E-state index >= 15 is 0 Å². The van der Waals surface area contributed by atoms with Crippen LogP contribution in [0, 0.1) is 0 Å². The van der Waals surface area contributed by atoms with Gasteiger partial charge in [-0.2, -0.15) is 20.1 Å². The Morgan fingerprint density at radius 2 is 1.95 bits per heavy atom. The molecule has 0 fully saturated rings. The van der Waals surface area contributed by atoms with Gasteiger partial charge in [0.2, 0.25) is 11.9 Å². The number of aromatic nitrogens is 5. The average molecular weight is 290 g/mol. The van der Waals surface area contributed by atoms with Gasteiger partial charge in [-0.05, 0) is 27.1 Å². The molecule has 2 heterocycles. The van der Waals surface area contributed by atoms with Gasteiger partial charge >= 0.3 is 0 Å². The molecule has 0 aliphatic heterocycles. The van der Waals surface area contributed by atoms with Crippen LogP contribution in [0.25, 0.3) is 5.95 Å². The molecular weight excluding hydrogens is 268 g/mol. The van der Waals surface area contributed by atoms with Gasteiger partial charge in [0, 0.05) is 39.1 Å². The van der Waals surface area contributed by atoms with Crippen LogP contribution in [-0.2, 0) is 0 Å². The van der Waals surface area contributed by atoms with E-state index in [1.807, 2.05) is 45.2 Å². The van der Waals surface area contributed by atoms with Crippen molar-refractivity contribution in [2.24, 2.45) is 0 Å². The number of rotatable bonds is 7. The average Bonchev–Trinajstić information content (AvgIpc) is 2.99. The summed E-state index contributed by atoms with van der Waals surface area (Å²) in [5.41, 5.74) is 0. The largest absolute Gasteiger partial charge is 0.354 e. The fraction of sp³-hybridized carbons (Fsp3) is 0.538. The van der Waals surface area contributed by atoms with E-state index in [2.05, 4.69) is 30.3 Å². The Labute approximate surface area is 124 Å². The Kier molecular flexibility index (Phi) is 5.04. The summed E-state index contributed by atoms with van der Waals surface area (Å²) in [4.78, 5) is 17.4. The van der Waals surface area contributed by atoms with Crippen molar-refractivity contribution < 1.29 is 0 Å². The number of hydrogen-bond acceptors (Lipinski definition) is 7. The van der Waals surface area contributed by atoms with Crippen molar-refractivity contribution in [3.63, 3.8) is 0 Å². The molecule has 0 atom stereocenters. The Balaban J connectivity index is 2.27. The maximum absolute atomic E-state index is 4.48. The summed E-state index contributed by atoms with van der Waals surface area (Å²) >= 11 is 0. The summed E-state index contributed by atoms with van der Waals surface area (Å²) in [5.74, 6) is 1.70. The molecule has 21 heavy (non-hydrogen) atoms. The van der Waals surface area contributed by atoms with E-state index in [4.69, 9.17) is 0 Å². The van der Waals surface area contributed by atoms with Crippen LogP contribution < -0.4 is 10.2 Å². The minimum Gasteiger partial charge on any atom is -0.354 e. The lowest BCUT2D eigenvalue weighted by molar-refractivity contribution is 0.415. The topological polar surface area (TPSA) is 75.0 Å². The molecule has 0 aliphatic carbocycles. The molecule has 8 nitrogen and oxygen atoms in total. The van der Waals surface area contributed by atoms with E-state index < -0.39 is 0 Å². The van der Waals surface area contributed by atoms with Gasteiger partial charge in [-0.15, -0.1) is 0 Å². The first-order valence-electron chi connectivity index (χ1n) is 6.96. The minimum atomic E-state index is 0.512. The van der Waals surface area contributed by atoms with Crippen LogP contribution in [0.1, 0.15) is 6.92 Å². The lowest BCUT2D eigenvalue weighted by Gasteiger charge is -2.20. The van der Waals surface area contributed by atoms with Crippen LogP contribution >= 0.6 is 0 Å². The summed E-state index contributed by atoms with van der Waals surface area (Å²) in [7, 11) is 6.06. The maximum atomic E-state index is 4.48. The molecule has 2 aromatic heterocycles. The van der Waals surface area contributed by atoms with Gasteiger partial charge in [-0.1, -0.05) is 0 Å². The maximum Gasteiger partial charge on any atom is 0.257 e. The van der Waals surface area contributed by atoms with Gasteiger partial charge in [0.25, 0.3) is 5.95 Å². The van der Waals surface area contributed by atoms with Crippen LogP contribution in [0.5, 0.6) is 0 Å². The third-order valence-corrected chi connectivity index (χ3v) is 2.88. The minimum absolute atomic E-state index is 0.512. The number of nitrogens with zero attached hydrogens (tertiary/aromatic N) is 7. The van der Waals surface area contributed by atoms with Crippen molar-refractivity contribution in [3.8, 4) is 5.95 Å². The zero-order chi connectivity index (χ0) is 15.2. The SMILES string of the molecule is CCNc1nc(N(C)CCN(C)C)nc(-n2cccn2)n1. The van der Waals surface area contributed by atoms with Crippen molar-refractivity contribution in [2.45, 2.75) is 6.92 Å². The summed E-state index contributed by atoms with van der Waals surface area (Å²) in [6.45, 7) is 4.52. The molecule has 0 aliphatic rings. The summed E-state index contributed by atoms with van der Waals surface area (Å²) in [5, 5.41) is 7.30. The zero-order valence-corrected chi connectivity index (χ0v) is 13.0. The van der Waals surface area contributed by atoms with Crippen molar-refractivity contribution in [1.29, 1.82) is 0 Å². The van der Waals surface area contributed by atoms with Gasteiger partial charge in [0.15, 0.2) is 0 Å². The Morgan fingerprint density at radius 1 is 1.14 bits per heavy atom. The van der Waals surface area contributed by atoms with Gasteiger partial charge in [-0.25, -0.2) is 4.68 Å². The molecule has 1 N–H and O–H groups in total. The molecule has 0 unspecified atom stereocenters. The highest BCUT2D eigenvalue weighted by Gasteiger charge is 2.11. The third-order valence-electron chi connectivity index (χ3n) is 2.88. The first-order valence-corrected chi connectivity index (χ1v) is 6.96. The molecule has 0 aromatic carbocycles. The Bertz CT molecular complexity index is 551. The van der Waals surface area contributed by atoms with Gasteiger partial charge in [-0.3, -0.25) is 0 Å². The second kappa shape index (κ2) is 6.98. The van der Waals surface area contributed by atoms with Crippen LogP contribution in [0.3, 0.4) is 0 Å². The van der Waals surface area contributed by atoms with Crippen molar-refractivity contribution in [1.82, 2.24) is 29.6 Å². The number of anilines is 2. The quantitative estimate of drug-likeness (QED) is 0.795. The van der Waals surface area contributed by atoms with Crippen LogP contribution in [-0.4, -0.2) is 70.4 Å². The van der Waals surface area contributed by atoms with Gasteiger partial charge < -0.3 is 15.1 Å². The zero-order valence-electron chi connectivity index (χ0n) is 13.0. The predicted octanol–water partition coefficient (Wildman–Crippen LogP) is 0.487. The van der Waals surface area contributed by atoms with E-state index in [1.54, 1.807) is 10.9 Å². The third kappa shape index (κ3) is 4.12. The highest BCUT2D eigenvalue weighted by molar-refractivity contribution is 5.39. The molecule has 0 saturated carbocycles. The monoisotopic (exact) mass is 290 g/mol. The molecule has 0 spiro atoms. The standard InChI is InChI=1S/C13H22N8/c1-5-14-11-16-12(20(4)10-9-19(2)3)18-13(17-11)21-8-6-7-15-21/h6-8H,5,9-10H2,1-4H3,(H,14,16,17,18). The second-order valence-corrected chi connectivity index (χ2v) is 4.96. The van der Waals surface area contributed by atoms with Crippen molar-refractivity contribution in [2.75, 3.05) is 51.0 Å². The molecular formula is C13H22N8. The predicted molar refractivity (Wildman–Crippen MR) is 82.9 cm³/mol. The van der Waals surface area contributed by atoms with Gasteiger partial charge in [0.1, 0.15) is 0 Å². The second-order valence-electron chi connectivity index (χ2n) is 4.96. The number of hydrogen-bond donors (Lipinski definition) is 1. The molecule has 114 valence electrons. The number of nitrogens with one attached hydrogen (secondary N) is 1. The lowest BCUT2D eigenvalue weighted by Crippen LogP contribution is -2.30. The molecule has 2 aromatic rings. The van der Waals surface area contributed by atoms with E-state index in [1.165, 1.54) is 0 Å². The lowest BCUT2D eigenvalue weighted by atomic mass is 10.5. The van der Waals surface area contributed by atoms with Crippen molar-refractivity contribution in [3.05, 3.63) is 18.5 Å². The summed E-state index contributed by atoms with van der Waals surface area (Å²) < 4.78 is 1.63. The summed E-state index contributed by atoms with van der Waals surface area (Å²) in [6.07, 6.45) is 3.51. The fourth-order valence-electron chi connectivity index (χ4n) is 1.70. The first kappa shape index (κ1) is 15.2. The van der Waals surface area contributed by atoms with E-state index in [0.29, 0.717) is 17.8 Å². The number of likely N-dealkylation sites (N-methyl/N-ethyl adjacent to an activating group) is 2. The van der Waals surface area contributed by atoms with Crippen molar-refractivity contribution >= 4 is 11.9 Å². The fourth-order valence-corrected chi connectivity index (χ4v) is 1.70. The highest BCUT2D eigenvalue weighted by Crippen LogP contribution is 2.11. The van der Waals surface area contributed by atoms with Gasteiger partial charge in [0.05, 0.1) is 0 Å².